The second-order valence-corrected chi connectivity index (χ2v) is 7.68. The predicted molar refractivity (Wildman–Crippen MR) is 88.2 cm³/mol. The molecule has 2 aromatic carbocycles. The summed E-state index contributed by atoms with van der Waals surface area (Å²) in [6, 6.07) is 10.1. The number of nitrogens with one attached hydrogen (secondary N) is 1. The Balaban J connectivity index is 2.46. The van der Waals surface area contributed by atoms with Crippen LogP contribution in [0.4, 0.5) is 11.4 Å². The zero-order chi connectivity index (χ0) is 14.9. The largest absolute Gasteiger partial charge is 0.399 e. The van der Waals surface area contributed by atoms with Crippen LogP contribution in [0.25, 0.3) is 0 Å². The second kappa shape index (κ2) is 5.75. The van der Waals surface area contributed by atoms with Crippen molar-refractivity contribution in [3.8, 4) is 0 Å². The summed E-state index contributed by atoms with van der Waals surface area (Å²) in [5, 5.41) is 0. The lowest BCUT2D eigenvalue weighted by molar-refractivity contribution is 0.600. The number of hydrogen-bond donors (Lipinski definition) is 2. The van der Waals surface area contributed by atoms with Crippen molar-refractivity contribution in [1.29, 1.82) is 0 Å². The quantitative estimate of drug-likeness (QED) is 0.741. The van der Waals surface area contributed by atoms with Crippen LogP contribution in [0.2, 0.25) is 0 Å². The Bertz CT molecular complexity index is 761. The summed E-state index contributed by atoms with van der Waals surface area (Å²) in [4.78, 5) is 0.171. The lowest BCUT2D eigenvalue weighted by Crippen LogP contribution is -2.15. The van der Waals surface area contributed by atoms with E-state index in [1.165, 1.54) is 6.07 Å². The highest BCUT2D eigenvalue weighted by atomic mass is 79.9. The Morgan fingerprint density at radius 2 is 1.80 bits per heavy atom. The molecule has 0 aliphatic carbocycles. The van der Waals surface area contributed by atoms with E-state index in [0.29, 0.717) is 21.4 Å². The normalized spacial score (nSPS) is 11.3. The van der Waals surface area contributed by atoms with Gasteiger partial charge in [0.2, 0.25) is 0 Å². The van der Waals surface area contributed by atoms with Gasteiger partial charge in [-0.2, -0.15) is 0 Å². The molecule has 106 valence electrons. The highest BCUT2D eigenvalue weighted by Crippen LogP contribution is 2.29. The fourth-order valence-corrected chi connectivity index (χ4v) is 3.87. The van der Waals surface area contributed by atoms with Gasteiger partial charge >= 0.3 is 0 Å². The molecule has 7 heteroatoms. The molecule has 0 heterocycles. The van der Waals surface area contributed by atoms with Crippen LogP contribution in [0.5, 0.6) is 0 Å². The van der Waals surface area contributed by atoms with E-state index in [2.05, 4.69) is 36.6 Å². The number of nitrogen functional groups attached to an aromatic ring is 1. The number of nitrogens with two attached hydrogens (primary N) is 1. The fourth-order valence-electron chi connectivity index (χ4n) is 1.68. The van der Waals surface area contributed by atoms with E-state index in [-0.39, 0.29) is 4.90 Å². The van der Waals surface area contributed by atoms with Gasteiger partial charge in [-0.15, -0.1) is 0 Å². The molecule has 0 spiro atoms. The summed E-state index contributed by atoms with van der Waals surface area (Å²) in [7, 11) is -3.69. The minimum atomic E-state index is -3.69. The minimum Gasteiger partial charge on any atom is -0.399 e. The molecule has 20 heavy (non-hydrogen) atoms. The van der Waals surface area contributed by atoms with Crippen LogP contribution in [-0.4, -0.2) is 8.42 Å². The molecule has 0 fully saturated rings. The second-order valence-electron chi connectivity index (χ2n) is 4.25. The van der Waals surface area contributed by atoms with Gasteiger partial charge in [-0.1, -0.05) is 22.0 Å². The van der Waals surface area contributed by atoms with Crippen molar-refractivity contribution in [2.75, 3.05) is 10.5 Å². The first kappa shape index (κ1) is 15.3. The molecule has 2 aromatic rings. The highest BCUT2D eigenvalue weighted by molar-refractivity contribution is 9.11. The van der Waals surface area contributed by atoms with Crippen LogP contribution in [-0.2, 0) is 10.0 Å². The summed E-state index contributed by atoms with van der Waals surface area (Å²) < 4.78 is 28.9. The maximum absolute atomic E-state index is 12.4. The van der Waals surface area contributed by atoms with E-state index in [1.54, 1.807) is 31.2 Å². The van der Waals surface area contributed by atoms with E-state index < -0.39 is 10.0 Å². The van der Waals surface area contributed by atoms with Crippen molar-refractivity contribution in [1.82, 2.24) is 0 Å². The Morgan fingerprint density at radius 1 is 1.10 bits per heavy atom. The van der Waals surface area contributed by atoms with Crippen molar-refractivity contribution >= 4 is 53.3 Å². The number of aryl methyl sites for hydroxylation is 1. The van der Waals surface area contributed by atoms with Gasteiger partial charge in [-0.3, -0.25) is 4.72 Å². The zero-order valence-electron chi connectivity index (χ0n) is 10.5. The highest BCUT2D eigenvalue weighted by Gasteiger charge is 2.18. The third-order valence-corrected chi connectivity index (χ3v) is 5.37. The van der Waals surface area contributed by atoms with Gasteiger partial charge in [0.25, 0.3) is 10.0 Å². The molecule has 0 aliphatic rings. The first-order chi connectivity index (χ1) is 9.29. The van der Waals surface area contributed by atoms with Gasteiger partial charge in [0.1, 0.15) is 0 Å². The van der Waals surface area contributed by atoms with E-state index in [4.69, 9.17) is 5.73 Å². The molecular weight excluding hydrogens is 408 g/mol. The Labute approximate surface area is 134 Å². The monoisotopic (exact) mass is 418 g/mol. The van der Waals surface area contributed by atoms with Crippen LogP contribution < -0.4 is 10.5 Å². The third kappa shape index (κ3) is 3.34. The van der Waals surface area contributed by atoms with Gasteiger partial charge in [0, 0.05) is 14.6 Å². The van der Waals surface area contributed by atoms with Crippen LogP contribution in [0.1, 0.15) is 5.56 Å². The van der Waals surface area contributed by atoms with Gasteiger partial charge in [-0.05, 0) is 58.7 Å². The van der Waals surface area contributed by atoms with Crippen LogP contribution >= 0.6 is 31.9 Å². The Hall–Kier alpha value is -1.05. The summed E-state index contributed by atoms with van der Waals surface area (Å²) in [5.74, 6) is 0. The number of hydrogen-bond acceptors (Lipinski definition) is 3. The number of benzene rings is 2. The van der Waals surface area contributed by atoms with Crippen molar-refractivity contribution in [3.63, 3.8) is 0 Å². The first-order valence-corrected chi connectivity index (χ1v) is 8.70. The molecule has 0 aliphatic heterocycles. The number of rotatable bonds is 3. The molecule has 0 aromatic heterocycles. The average Bonchev–Trinajstić information content (AvgIpc) is 2.36. The molecule has 0 saturated carbocycles. The molecule has 0 saturated heterocycles. The molecule has 4 nitrogen and oxygen atoms in total. The zero-order valence-corrected chi connectivity index (χ0v) is 14.5. The van der Waals surface area contributed by atoms with Crippen molar-refractivity contribution < 1.29 is 8.42 Å². The van der Waals surface area contributed by atoms with Gasteiger partial charge in [-0.25, -0.2) is 8.42 Å². The standard InChI is InChI=1S/C13H12Br2N2O2S/c1-8-2-4-10(16)7-13(8)20(18,19)17-12-6-9(14)3-5-11(12)15/h2-7,17H,16H2,1H3. The third-order valence-electron chi connectivity index (χ3n) is 2.67. The first-order valence-electron chi connectivity index (χ1n) is 5.63. The van der Waals surface area contributed by atoms with Gasteiger partial charge in [0.05, 0.1) is 10.6 Å². The Morgan fingerprint density at radius 3 is 2.50 bits per heavy atom. The van der Waals surface area contributed by atoms with Gasteiger partial charge in [0.15, 0.2) is 0 Å². The van der Waals surface area contributed by atoms with Crippen molar-refractivity contribution in [2.24, 2.45) is 0 Å². The summed E-state index contributed by atoms with van der Waals surface area (Å²) >= 11 is 6.63. The minimum absolute atomic E-state index is 0.171. The van der Waals surface area contributed by atoms with Crippen molar-refractivity contribution in [2.45, 2.75) is 11.8 Å². The SMILES string of the molecule is Cc1ccc(N)cc1S(=O)(=O)Nc1cc(Br)ccc1Br. The van der Waals surface area contributed by atoms with E-state index >= 15 is 0 Å². The van der Waals surface area contributed by atoms with Crippen molar-refractivity contribution in [3.05, 3.63) is 50.9 Å². The van der Waals surface area contributed by atoms with Crippen LogP contribution in [0.15, 0.2) is 50.2 Å². The maximum Gasteiger partial charge on any atom is 0.262 e. The van der Waals surface area contributed by atoms with E-state index in [0.717, 1.165) is 4.47 Å². The van der Waals surface area contributed by atoms with Gasteiger partial charge < -0.3 is 5.73 Å². The molecule has 0 amide bonds. The lowest BCUT2D eigenvalue weighted by Gasteiger charge is -2.12. The van der Waals surface area contributed by atoms with E-state index in [1.807, 2.05) is 6.07 Å². The number of sulfonamides is 1. The Kier molecular flexibility index (Phi) is 4.41. The molecule has 0 bridgehead atoms. The molecule has 3 N–H and O–H groups in total. The summed E-state index contributed by atoms with van der Waals surface area (Å²) in [6.07, 6.45) is 0. The maximum atomic E-state index is 12.4. The molecule has 2 rings (SSSR count). The van der Waals surface area contributed by atoms with Crippen LogP contribution in [0, 0.1) is 6.92 Å². The number of anilines is 2. The fraction of sp³-hybridized carbons (Fsp3) is 0.0769. The summed E-state index contributed by atoms with van der Waals surface area (Å²) in [6.45, 7) is 1.73. The topological polar surface area (TPSA) is 72.2 Å². The average molecular weight is 420 g/mol. The molecule has 0 atom stereocenters. The summed E-state index contributed by atoms with van der Waals surface area (Å²) in [5.41, 5.74) is 7.17. The molecule has 0 radical (unpaired) electrons. The smallest absolute Gasteiger partial charge is 0.262 e. The molecule has 0 unspecified atom stereocenters. The molecular formula is C13H12Br2N2O2S. The van der Waals surface area contributed by atoms with Crippen LogP contribution in [0.3, 0.4) is 0 Å². The number of halogens is 2. The predicted octanol–water partition coefficient (Wildman–Crippen LogP) is 3.90. The lowest BCUT2D eigenvalue weighted by atomic mass is 10.2. The van der Waals surface area contributed by atoms with E-state index in [9.17, 15) is 8.42 Å².